The molecule has 9 heteroatoms. The third kappa shape index (κ3) is 4.37. The molecule has 1 aliphatic rings. The van der Waals surface area contributed by atoms with Crippen molar-refractivity contribution in [2.45, 2.75) is 6.18 Å². The van der Waals surface area contributed by atoms with Gasteiger partial charge in [0.05, 0.1) is 16.6 Å². The predicted molar refractivity (Wildman–Crippen MR) is 127 cm³/mol. The van der Waals surface area contributed by atoms with E-state index in [2.05, 4.69) is 5.10 Å². The first-order valence-corrected chi connectivity index (χ1v) is 11.1. The fourth-order valence-electron chi connectivity index (χ4n) is 4.29. The van der Waals surface area contributed by atoms with Gasteiger partial charge in [-0.25, -0.2) is 0 Å². The number of amides is 1. The maximum absolute atomic E-state index is 13.5. The summed E-state index contributed by atoms with van der Waals surface area (Å²) in [5.74, 6) is -0.324. The highest BCUT2D eigenvalue weighted by molar-refractivity contribution is 6.05. The Bertz CT molecular complexity index is 1440. The fraction of sp³-hybridized carbons (Fsp3) is 0.192. The maximum Gasteiger partial charge on any atom is 0.416 e. The molecule has 1 saturated heterocycles. The number of carbonyl (C=O) groups is 1. The van der Waals surface area contributed by atoms with Gasteiger partial charge in [0.1, 0.15) is 0 Å². The predicted octanol–water partition coefficient (Wildman–Crippen LogP) is 4.37. The Labute approximate surface area is 198 Å². The van der Waals surface area contributed by atoms with Crippen molar-refractivity contribution in [2.75, 3.05) is 31.1 Å². The van der Waals surface area contributed by atoms with Gasteiger partial charge in [-0.2, -0.15) is 23.0 Å². The average Bonchev–Trinajstić information content (AvgIpc) is 2.89. The van der Waals surface area contributed by atoms with Crippen LogP contribution < -0.4 is 10.5 Å². The topological polar surface area (TPSA) is 58.4 Å². The van der Waals surface area contributed by atoms with Crippen LogP contribution in [0.2, 0.25) is 0 Å². The van der Waals surface area contributed by atoms with Crippen LogP contribution in [0, 0.1) is 0 Å². The molecule has 2 heterocycles. The number of hydrogen-bond donors (Lipinski definition) is 0. The lowest BCUT2D eigenvalue weighted by Crippen LogP contribution is -2.49. The Morgan fingerprint density at radius 3 is 2.09 bits per heavy atom. The minimum Gasteiger partial charge on any atom is -0.368 e. The SMILES string of the molecule is O=C(c1nn(-c2ccccc2)c(=O)c2ccccc12)N1CCN(c2cccc(C(F)(F)F)c2)CC1. The quantitative estimate of drug-likeness (QED) is 0.439. The molecule has 0 atom stereocenters. The molecule has 35 heavy (non-hydrogen) atoms. The number of benzene rings is 3. The van der Waals surface area contributed by atoms with E-state index in [-0.39, 0.29) is 17.2 Å². The van der Waals surface area contributed by atoms with Crippen LogP contribution >= 0.6 is 0 Å². The number of aromatic nitrogens is 2. The number of piperazine rings is 1. The van der Waals surface area contributed by atoms with E-state index in [1.54, 1.807) is 59.5 Å². The molecule has 6 nitrogen and oxygen atoms in total. The lowest BCUT2D eigenvalue weighted by Gasteiger charge is -2.36. The van der Waals surface area contributed by atoms with Crippen LogP contribution in [-0.2, 0) is 6.18 Å². The van der Waals surface area contributed by atoms with Crippen molar-refractivity contribution in [1.82, 2.24) is 14.7 Å². The molecule has 0 radical (unpaired) electrons. The highest BCUT2D eigenvalue weighted by Crippen LogP contribution is 2.32. The highest BCUT2D eigenvalue weighted by Gasteiger charge is 2.31. The minimum absolute atomic E-state index is 0.163. The molecule has 1 fully saturated rings. The first-order valence-electron chi connectivity index (χ1n) is 11.1. The molecule has 0 unspecified atom stereocenters. The molecule has 0 aliphatic carbocycles. The summed E-state index contributed by atoms with van der Waals surface area (Å²) in [6.07, 6.45) is -4.41. The zero-order valence-corrected chi connectivity index (χ0v) is 18.6. The number of nitrogens with zero attached hydrogens (tertiary/aromatic N) is 4. The van der Waals surface area contributed by atoms with Crippen LogP contribution in [0.4, 0.5) is 18.9 Å². The third-order valence-electron chi connectivity index (χ3n) is 6.11. The smallest absolute Gasteiger partial charge is 0.368 e. The monoisotopic (exact) mass is 478 g/mol. The Kier molecular flexibility index (Phi) is 5.76. The molecule has 3 aromatic carbocycles. The van der Waals surface area contributed by atoms with Gasteiger partial charge in [0, 0.05) is 37.3 Å². The van der Waals surface area contributed by atoms with Gasteiger partial charge in [-0.1, -0.05) is 42.5 Å². The largest absolute Gasteiger partial charge is 0.416 e. The fourth-order valence-corrected chi connectivity index (χ4v) is 4.29. The normalized spacial score (nSPS) is 14.4. The summed E-state index contributed by atoms with van der Waals surface area (Å²) in [6, 6.07) is 20.9. The molecule has 5 rings (SSSR count). The Morgan fingerprint density at radius 2 is 1.40 bits per heavy atom. The zero-order valence-electron chi connectivity index (χ0n) is 18.6. The Balaban J connectivity index is 1.43. The second-order valence-corrected chi connectivity index (χ2v) is 8.27. The number of halogens is 3. The highest BCUT2D eigenvalue weighted by atomic mass is 19.4. The second-order valence-electron chi connectivity index (χ2n) is 8.27. The number of anilines is 1. The van der Waals surface area contributed by atoms with Crippen molar-refractivity contribution in [2.24, 2.45) is 0 Å². The van der Waals surface area contributed by atoms with E-state index < -0.39 is 11.7 Å². The number of rotatable bonds is 3. The van der Waals surface area contributed by atoms with Crippen LogP contribution in [0.25, 0.3) is 16.5 Å². The number of carbonyl (C=O) groups excluding carboxylic acids is 1. The standard InChI is InChI=1S/C26H21F3N4O2/c27-26(28,29)18-7-6-10-20(17-18)31-13-15-32(16-14-31)25(35)23-21-11-4-5-12-22(21)24(34)33(30-23)19-8-2-1-3-9-19/h1-12,17H,13-16H2. The van der Waals surface area contributed by atoms with Gasteiger partial charge in [-0.05, 0) is 36.4 Å². The summed E-state index contributed by atoms with van der Waals surface area (Å²) in [7, 11) is 0. The Hall–Kier alpha value is -4.14. The van der Waals surface area contributed by atoms with Crippen molar-refractivity contribution >= 4 is 22.4 Å². The van der Waals surface area contributed by atoms with Crippen LogP contribution in [0.15, 0.2) is 83.7 Å². The van der Waals surface area contributed by atoms with Gasteiger partial charge in [0.15, 0.2) is 5.69 Å². The summed E-state index contributed by atoms with van der Waals surface area (Å²) < 4.78 is 40.5. The third-order valence-corrected chi connectivity index (χ3v) is 6.11. The van der Waals surface area contributed by atoms with Crippen molar-refractivity contribution in [3.05, 3.63) is 100 Å². The molecule has 178 valence electrons. The van der Waals surface area contributed by atoms with Crippen LogP contribution in [0.5, 0.6) is 0 Å². The number of alkyl halides is 3. The lowest BCUT2D eigenvalue weighted by atomic mass is 10.1. The number of fused-ring (bicyclic) bond motifs is 1. The van der Waals surface area contributed by atoms with Gasteiger partial charge in [0.25, 0.3) is 11.5 Å². The molecule has 0 N–H and O–H groups in total. The van der Waals surface area contributed by atoms with E-state index in [0.717, 1.165) is 12.1 Å². The average molecular weight is 478 g/mol. The van der Waals surface area contributed by atoms with Crippen LogP contribution in [0.1, 0.15) is 16.1 Å². The summed E-state index contributed by atoms with van der Waals surface area (Å²) in [5, 5.41) is 5.29. The lowest BCUT2D eigenvalue weighted by molar-refractivity contribution is -0.137. The van der Waals surface area contributed by atoms with Gasteiger partial charge in [-0.15, -0.1) is 0 Å². The van der Waals surface area contributed by atoms with E-state index in [0.29, 0.717) is 48.3 Å². The van der Waals surface area contributed by atoms with Crippen molar-refractivity contribution in [3.63, 3.8) is 0 Å². The minimum atomic E-state index is -4.41. The van der Waals surface area contributed by atoms with Gasteiger partial charge in [-0.3, -0.25) is 9.59 Å². The van der Waals surface area contributed by atoms with Gasteiger partial charge >= 0.3 is 6.18 Å². The van der Waals surface area contributed by atoms with Crippen LogP contribution in [0.3, 0.4) is 0 Å². The molecular formula is C26H21F3N4O2. The summed E-state index contributed by atoms with van der Waals surface area (Å²) in [6.45, 7) is 1.39. The summed E-state index contributed by atoms with van der Waals surface area (Å²) in [4.78, 5) is 30.0. The summed E-state index contributed by atoms with van der Waals surface area (Å²) >= 11 is 0. The van der Waals surface area contributed by atoms with Crippen molar-refractivity contribution in [3.8, 4) is 5.69 Å². The molecule has 0 saturated carbocycles. The van der Waals surface area contributed by atoms with Crippen molar-refractivity contribution in [1.29, 1.82) is 0 Å². The van der Waals surface area contributed by atoms with Gasteiger partial charge in [0.2, 0.25) is 0 Å². The molecular weight excluding hydrogens is 457 g/mol. The number of para-hydroxylation sites is 1. The van der Waals surface area contributed by atoms with Gasteiger partial charge < -0.3 is 9.80 Å². The maximum atomic E-state index is 13.5. The first-order chi connectivity index (χ1) is 16.8. The Morgan fingerprint density at radius 1 is 0.771 bits per heavy atom. The molecule has 1 aliphatic heterocycles. The molecule has 1 aromatic heterocycles. The summed E-state index contributed by atoms with van der Waals surface area (Å²) in [5.41, 5.74) is 0.154. The second kappa shape index (κ2) is 8.90. The zero-order chi connectivity index (χ0) is 24.6. The van der Waals surface area contributed by atoms with E-state index in [4.69, 9.17) is 0 Å². The number of hydrogen-bond acceptors (Lipinski definition) is 4. The van der Waals surface area contributed by atoms with E-state index >= 15 is 0 Å². The van der Waals surface area contributed by atoms with Crippen molar-refractivity contribution < 1.29 is 18.0 Å². The molecule has 0 bridgehead atoms. The van der Waals surface area contributed by atoms with Crippen LogP contribution in [-0.4, -0.2) is 46.8 Å². The van der Waals surface area contributed by atoms with E-state index in [9.17, 15) is 22.8 Å². The molecule has 4 aromatic rings. The molecule has 1 amide bonds. The van der Waals surface area contributed by atoms with E-state index in [1.807, 2.05) is 11.0 Å². The molecule has 0 spiro atoms. The van der Waals surface area contributed by atoms with E-state index in [1.165, 1.54) is 10.7 Å². The first kappa shape index (κ1) is 22.6.